The summed E-state index contributed by atoms with van der Waals surface area (Å²) in [5, 5.41) is 4.37. The molecule has 0 saturated carbocycles. The van der Waals surface area contributed by atoms with Gasteiger partial charge in [-0.15, -0.1) is 0 Å². The van der Waals surface area contributed by atoms with Crippen LogP contribution in [0.1, 0.15) is 22.8 Å². The maximum Gasteiger partial charge on any atom is 0.321 e. The van der Waals surface area contributed by atoms with E-state index in [1.54, 1.807) is 25.1 Å². The zero-order chi connectivity index (χ0) is 14.4. The Balaban J connectivity index is 2.82. The lowest BCUT2D eigenvalue weighted by Crippen LogP contribution is -2.44. The average Bonchev–Trinajstić information content (AvgIpc) is 2.40. The van der Waals surface area contributed by atoms with Crippen LogP contribution >= 0.6 is 0 Å². The molecule has 2 N–H and O–H groups in total. The van der Waals surface area contributed by atoms with Crippen molar-refractivity contribution in [2.45, 2.75) is 20.0 Å². The number of rotatable bonds is 4. The summed E-state index contributed by atoms with van der Waals surface area (Å²) in [6.45, 7) is 3.27. The molecule has 102 valence electrons. The average molecular weight is 264 g/mol. The van der Waals surface area contributed by atoms with Gasteiger partial charge in [-0.25, -0.2) is 4.79 Å². The van der Waals surface area contributed by atoms with E-state index in [0.29, 0.717) is 17.6 Å². The first-order chi connectivity index (χ1) is 8.99. The molecule has 1 unspecified atom stereocenters. The van der Waals surface area contributed by atoms with Crippen LogP contribution in [0.15, 0.2) is 18.2 Å². The molecule has 0 fully saturated rings. The van der Waals surface area contributed by atoms with Crippen molar-refractivity contribution in [2.75, 3.05) is 7.05 Å². The Labute approximate surface area is 111 Å². The Kier molecular flexibility index (Phi) is 5.05. The second-order valence-corrected chi connectivity index (χ2v) is 3.94. The fraction of sp³-hybridized carbons (Fsp3) is 0.308. The van der Waals surface area contributed by atoms with Gasteiger partial charge in [-0.3, -0.25) is 14.9 Å². The first kappa shape index (κ1) is 14.7. The summed E-state index contributed by atoms with van der Waals surface area (Å²) in [6.07, 6.45) is -0.233. The lowest BCUT2D eigenvalue weighted by Gasteiger charge is -2.16. The number of para-hydroxylation sites is 1. The highest BCUT2D eigenvalue weighted by Crippen LogP contribution is 2.23. The van der Waals surface area contributed by atoms with Crippen molar-refractivity contribution in [2.24, 2.45) is 0 Å². The van der Waals surface area contributed by atoms with Gasteiger partial charge in [0.05, 0.1) is 5.56 Å². The number of imide groups is 1. The van der Waals surface area contributed by atoms with Crippen molar-refractivity contribution in [1.29, 1.82) is 0 Å². The van der Waals surface area contributed by atoms with Gasteiger partial charge in [-0.1, -0.05) is 12.1 Å². The third kappa shape index (κ3) is 3.80. The van der Waals surface area contributed by atoms with Crippen molar-refractivity contribution in [3.8, 4) is 5.75 Å². The molecule has 6 heteroatoms. The molecular weight excluding hydrogens is 248 g/mol. The van der Waals surface area contributed by atoms with Crippen LogP contribution < -0.4 is 15.4 Å². The SMILES string of the molecule is CNC(=O)NC(=O)C(C)Oc1c(C)cccc1C=O. The van der Waals surface area contributed by atoms with Gasteiger partial charge in [0.1, 0.15) is 5.75 Å². The number of nitrogens with one attached hydrogen (secondary N) is 2. The summed E-state index contributed by atoms with van der Waals surface area (Å²) in [4.78, 5) is 33.6. The Morgan fingerprint density at radius 3 is 2.63 bits per heavy atom. The maximum atomic E-state index is 11.6. The molecule has 0 saturated heterocycles. The Bertz CT molecular complexity index is 499. The van der Waals surface area contributed by atoms with Gasteiger partial charge in [-0.2, -0.15) is 0 Å². The minimum Gasteiger partial charge on any atom is -0.480 e. The highest BCUT2D eigenvalue weighted by atomic mass is 16.5. The minimum atomic E-state index is -0.892. The van der Waals surface area contributed by atoms with Crippen LogP contribution in [-0.4, -0.2) is 31.4 Å². The normalized spacial score (nSPS) is 11.3. The molecule has 0 aromatic heterocycles. The summed E-state index contributed by atoms with van der Waals surface area (Å²) in [5.41, 5.74) is 1.10. The van der Waals surface area contributed by atoms with E-state index in [9.17, 15) is 14.4 Å². The minimum absolute atomic E-state index is 0.344. The predicted molar refractivity (Wildman–Crippen MR) is 69.3 cm³/mol. The van der Waals surface area contributed by atoms with Crippen molar-refractivity contribution in [3.05, 3.63) is 29.3 Å². The number of carbonyl (C=O) groups excluding carboxylic acids is 3. The number of hydrogen-bond donors (Lipinski definition) is 2. The van der Waals surface area contributed by atoms with E-state index in [-0.39, 0.29) is 0 Å². The number of ether oxygens (including phenoxy) is 1. The molecule has 0 heterocycles. The summed E-state index contributed by atoms with van der Waals surface area (Å²) < 4.78 is 5.45. The van der Waals surface area contributed by atoms with Gasteiger partial charge in [-0.05, 0) is 25.5 Å². The zero-order valence-electron chi connectivity index (χ0n) is 11.0. The number of aryl methyl sites for hydroxylation is 1. The standard InChI is InChI=1S/C13H16N2O4/c1-8-5-4-6-10(7-16)11(8)19-9(2)12(17)15-13(18)14-3/h4-7,9H,1-3H3,(H2,14,15,17,18). The number of aldehydes is 1. The molecule has 6 nitrogen and oxygen atoms in total. The van der Waals surface area contributed by atoms with Crippen molar-refractivity contribution < 1.29 is 19.1 Å². The molecule has 0 spiro atoms. The fourth-order valence-corrected chi connectivity index (χ4v) is 1.44. The number of hydrogen-bond acceptors (Lipinski definition) is 4. The van der Waals surface area contributed by atoms with E-state index in [0.717, 1.165) is 5.56 Å². The van der Waals surface area contributed by atoms with E-state index >= 15 is 0 Å². The quantitative estimate of drug-likeness (QED) is 0.795. The third-order valence-electron chi connectivity index (χ3n) is 2.50. The third-order valence-corrected chi connectivity index (χ3v) is 2.50. The fourth-order valence-electron chi connectivity index (χ4n) is 1.44. The second kappa shape index (κ2) is 6.53. The maximum absolute atomic E-state index is 11.6. The molecule has 0 bridgehead atoms. The van der Waals surface area contributed by atoms with Crippen molar-refractivity contribution >= 4 is 18.2 Å². The van der Waals surface area contributed by atoms with E-state index in [2.05, 4.69) is 10.6 Å². The first-order valence-electron chi connectivity index (χ1n) is 5.73. The van der Waals surface area contributed by atoms with Crippen LogP contribution in [0.2, 0.25) is 0 Å². The van der Waals surface area contributed by atoms with Gasteiger partial charge in [0.2, 0.25) is 0 Å². The van der Waals surface area contributed by atoms with Crippen LogP contribution in [0.3, 0.4) is 0 Å². The summed E-state index contributed by atoms with van der Waals surface area (Å²) in [6, 6.07) is 4.48. The van der Waals surface area contributed by atoms with Crippen LogP contribution in [0.5, 0.6) is 5.75 Å². The van der Waals surface area contributed by atoms with Crippen LogP contribution in [-0.2, 0) is 4.79 Å². The number of carbonyl (C=O) groups is 3. The first-order valence-corrected chi connectivity index (χ1v) is 5.73. The lowest BCUT2D eigenvalue weighted by molar-refractivity contribution is -0.126. The van der Waals surface area contributed by atoms with E-state index in [1.165, 1.54) is 14.0 Å². The van der Waals surface area contributed by atoms with Gasteiger partial charge >= 0.3 is 6.03 Å². The summed E-state index contributed by atoms with van der Waals surface area (Å²) >= 11 is 0. The molecule has 1 aromatic carbocycles. The number of amides is 3. The van der Waals surface area contributed by atoms with Gasteiger partial charge in [0.15, 0.2) is 12.4 Å². The molecule has 0 aliphatic carbocycles. The Morgan fingerprint density at radius 2 is 2.05 bits per heavy atom. The topological polar surface area (TPSA) is 84.5 Å². The Hall–Kier alpha value is -2.37. The molecule has 0 radical (unpaired) electrons. The molecule has 19 heavy (non-hydrogen) atoms. The van der Waals surface area contributed by atoms with Crippen LogP contribution in [0.4, 0.5) is 4.79 Å². The largest absolute Gasteiger partial charge is 0.480 e. The van der Waals surface area contributed by atoms with E-state index < -0.39 is 18.0 Å². The molecule has 1 aromatic rings. The predicted octanol–water partition coefficient (Wildman–Crippen LogP) is 1.03. The van der Waals surface area contributed by atoms with E-state index in [4.69, 9.17) is 4.74 Å². The van der Waals surface area contributed by atoms with Crippen LogP contribution in [0.25, 0.3) is 0 Å². The molecule has 1 atom stereocenters. The highest BCUT2D eigenvalue weighted by molar-refractivity contribution is 5.96. The number of benzene rings is 1. The second-order valence-electron chi connectivity index (χ2n) is 3.94. The Morgan fingerprint density at radius 1 is 1.37 bits per heavy atom. The number of urea groups is 1. The van der Waals surface area contributed by atoms with E-state index in [1.807, 2.05) is 0 Å². The van der Waals surface area contributed by atoms with Crippen LogP contribution in [0, 0.1) is 6.92 Å². The van der Waals surface area contributed by atoms with Crippen molar-refractivity contribution in [3.63, 3.8) is 0 Å². The highest BCUT2D eigenvalue weighted by Gasteiger charge is 2.19. The van der Waals surface area contributed by atoms with Gasteiger partial charge < -0.3 is 10.1 Å². The van der Waals surface area contributed by atoms with Crippen molar-refractivity contribution in [1.82, 2.24) is 10.6 Å². The molecule has 1 rings (SSSR count). The monoisotopic (exact) mass is 264 g/mol. The molecule has 0 aliphatic heterocycles. The smallest absolute Gasteiger partial charge is 0.321 e. The molecule has 3 amide bonds. The molecule has 0 aliphatic rings. The molecular formula is C13H16N2O4. The van der Waals surface area contributed by atoms with Gasteiger partial charge in [0.25, 0.3) is 5.91 Å². The summed E-state index contributed by atoms with van der Waals surface area (Å²) in [5.74, 6) is -0.239. The zero-order valence-corrected chi connectivity index (χ0v) is 11.0. The van der Waals surface area contributed by atoms with Gasteiger partial charge in [0, 0.05) is 7.05 Å². The lowest BCUT2D eigenvalue weighted by atomic mass is 10.1. The summed E-state index contributed by atoms with van der Waals surface area (Å²) in [7, 11) is 1.40.